The van der Waals surface area contributed by atoms with Crippen molar-refractivity contribution in [2.75, 3.05) is 7.11 Å². The number of alkyl halides is 1. The van der Waals surface area contributed by atoms with Crippen molar-refractivity contribution in [3.05, 3.63) is 59.0 Å². The van der Waals surface area contributed by atoms with Gasteiger partial charge in [-0.1, -0.05) is 30.3 Å². The van der Waals surface area contributed by atoms with Crippen molar-refractivity contribution in [3.8, 4) is 0 Å². The van der Waals surface area contributed by atoms with Crippen molar-refractivity contribution in [1.82, 2.24) is 5.32 Å². The molecule has 0 bridgehead atoms. The molecule has 5 nitrogen and oxygen atoms in total. The van der Waals surface area contributed by atoms with Crippen LogP contribution in [0.1, 0.15) is 27.4 Å². The third kappa shape index (κ3) is 4.36. The number of hydrogen-bond donors (Lipinski definition) is 1. The van der Waals surface area contributed by atoms with Crippen LogP contribution in [0.4, 0.5) is 0 Å². The SMILES string of the molecule is COC(=O)C(Cc1ccccc1)NC(=O)c1cc(CCl)c(C)o1. The smallest absolute Gasteiger partial charge is 0.328 e. The highest BCUT2D eigenvalue weighted by molar-refractivity contribution is 6.17. The van der Waals surface area contributed by atoms with E-state index >= 15 is 0 Å². The summed E-state index contributed by atoms with van der Waals surface area (Å²) in [4.78, 5) is 24.2. The lowest BCUT2D eigenvalue weighted by Crippen LogP contribution is -2.43. The third-order valence-corrected chi connectivity index (χ3v) is 3.75. The number of hydrogen-bond acceptors (Lipinski definition) is 4. The van der Waals surface area contributed by atoms with Gasteiger partial charge in [0.15, 0.2) is 5.76 Å². The second-order valence-corrected chi connectivity index (χ2v) is 5.33. The van der Waals surface area contributed by atoms with Gasteiger partial charge in [0.2, 0.25) is 0 Å². The molecule has 0 aliphatic carbocycles. The fraction of sp³-hybridized carbons (Fsp3) is 0.294. The van der Waals surface area contributed by atoms with Gasteiger partial charge in [0.1, 0.15) is 11.8 Å². The quantitative estimate of drug-likeness (QED) is 0.651. The number of nitrogens with one attached hydrogen (secondary N) is 1. The number of rotatable bonds is 6. The summed E-state index contributed by atoms with van der Waals surface area (Å²) in [6.45, 7) is 1.73. The van der Waals surface area contributed by atoms with Crippen LogP contribution < -0.4 is 5.32 Å². The van der Waals surface area contributed by atoms with E-state index in [1.165, 1.54) is 7.11 Å². The molecule has 0 saturated heterocycles. The first-order chi connectivity index (χ1) is 11.0. The Morgan fingerprint density at radius 3 is 2.57 bits per heavy atom. The van der Waals surface area contributed by atoms with Gasteiger partial charge in [-0.3, -0.25) is 4.79 Å². The van der Waals surface area contributed by atoms with Crippen LogP contribution in [0.15, 0.2) is 40.8 Å². The lowest BCUT2D eigenvalue weighted by Gasteiger charge is -2.15. The van der Waals surface area contributed by atoms with Gasteiger partial charge in [-0.05, 0) is 18.6 Å². The van der Waals surface area contributed by atoms with Crippen LogP contribution in [0, 0.1) is 6.92 Å². The van der Waals surface area contributed by atoms with E-state index in [4.69, 9.17) is 20.8 Å². The Bertz CT molecular complexity index is 681. The summed E-state index contributed by atoms with van der Waals surface area (Å²) in [6, 6.07) is 10.2. The highest BCUT2D eigenvalue weighted by atomic mass is 35.5. The summed E-state index contributed by atoms with van der Waals surface area (Å²) < 4.78 is 10.1. The monoisotopic (exact) mass is 335 g/mol. The first-order valence-corrected chi connectivity index (χ1v) is 7.66. The summed E-state index contributed by atoms with van der Waals surface area (Å²) in [6.07, 6.45) is 0.335. The number of benzene rings is 1. The lowest BCUT2D eigenvalue weighted by molar-refractivity contribution is -0.142. The van der Waals surface area contributed by atoms with Crippen molar-refractivity contribution < 1.29 is 18.7 Å². The minimum atomic E-state index is -0.792. The van der Waals surface area contributed by atoms with Crippen molar-refractivity contribution in [2.24, 2.45) is 0 Å². The molecule has 0 spiro atoms. The molecule has 0 aliphatic heterocycles. The zero-order valence-electron chi connectivity index (χ0n) is 13.0. The molecule has 0 radical (unpaired) electrons. The summed E-state index contributed by atoms with van der Waals surface area (Å²) in [7, 11) is 1.29. The Kier molecular flexibility index (Phi) is 5.82. The Morgan fingerprint density at radius 2 is 2.00 bits per heavy atom. The predicted molar refractivity (Wildman–Crippen MR) is 86.4 cm³/mol. The molecule has 1 unspecified atom stereocenters. The maximum atomic E-state index is 12.3. The summed E-state index contributed by atoms with van der Waals surface area (Å²) in [5.41, 5.74) is 1.66. The van der Waals surface area contributed by atoms with Gasteiger partial charge in [-0.15, -0.1) is 11.6 Å². The fourth-order valence-corrected chi connectivity index (χ4v) is 2.44. The van der Waals surface area contributed by atoms with Crippen molar-refractivity contribution >= 4 is 23.5 Å². The molecular weight excluding hydrogens is 318 g/mol. The average molecular weight is 336 g/mol. The van der Waals surface area contributed by atoms with E-state index in [2.05, 4.69) is 5.32 Å². The maximum Gasteiger partial charge on any atom is 0.328 e. The number of esters is 1. The van der Waals surface area contributed by atoms with Gasteiger partial charge in [-0.2, -0.15) is 0 Å². The number of amides is 1. The zero-order valence-corrected chi connectivity index (χ0v) is 13.7. The number of aryl methyl sites for hydroxylation is 1. The number of ether oxygens (including phenoxy) is 1. The van der Waals surface area contributed by atoms with Gasteiger partial charge >= 0.3 is 5.97 Å². The van der Waals surface area contributed by atoms with Crippen LogP contribution >= 0.6 is 11.6 Å². The van der Waals surface area contributed by atoms with Crippen molar-refractivity contribution in [1.29, 1.82) is 0 Å². The summed E-state index contributed by atoms with van der Waals surface area (Å²) >= 11 is 5.77. The second kappa shape index (κ2) is 7.83. The van der Waals surface area contributed by atoms with E-state index < -0.39 is 17.9 Å². The molecule has 1 N–H and O–H groups in total. The molecule has 1 aromatic heterocycles. The minimum Gasteiger partial charge on any atom is -0.467 e. The van der Waals surface area contributed by atoms with Gasteiger partial charge in [0, 0.05) is 12.0 Å². The molecule has 23 heavy (non-hydrogen) atoms. The van der Waals surface area contributed by atoms with Crippen LogP contribution in [-0.2, 0) is 21.8 Å². The summed E-state index contributed by atoms with van der Waals surface area (Å²) in [5, 5.41) is 2.65. The standard InChI is InChI=1S/C17H18ClNO4/c1-11-13(10-18)9-15(23-11)16(20)19-14(17(21)22-2)8-12-6-4-3-5-7-12/h3-7,9,14H,8,10H2,1-2H3,(H,19,20). The first-order valence-electron chi connectivity index (χ1n) is 7.13. The van der Waals surface area contributed by atoms with Gasteiger partial charge in [-0.25, -0.2) is 4.79 Å². The van der Waals surface area contributed by atoms with Crippen molar-refractivity contribution in [2.45, 2.75) is 25.3 Å². The molecule has 0 saturated carbocycles. The van der Waals surface area contributed by atoms with Crippen LogP contribution in [-0.4, -0.2) is 25.0 Å². The Labute approximate surface area is 139 Å². The van der Waals surface area contributed by atoms with Crippen molar-refractivity contribution in [3.63, 3.8) is 0 Å². The number of carbonyl (C=O) groups is 2. The second-order valence-electron chi connectivity index (χ2n) is 5.06. The Hall–Kier alpha value is -2.27. The van der Waals surface area contributed by atoms with E-state index in [9.17, 15) is 9.59 Å². The normalized spacial score (nSPS) is 11.8. The van der Waals surface area contributed by atoms with E-state index in [-0.39, 0.29) is 11.6 Å². The molecule has 1 aromatic carbocycles. The molecule has 2 rings (SSSR count). The van der Waals surface area contributed by atoms with Gasteiger partial charge in [0.25, 0.3) is 5.91 Å². The largest absolute Gasteiger partial charge is 0.467 e. The molecule has 1 heterocycles. The third-order valence-electron chi connectivity index (χ3n) is 3.46. The maximum absolute atomic E-state index is 12.3. The summed E-state index contributed by atoms with van der Waals surface area (Å²) in [5.74, 6) is -0.0191. The van der Waals surface area contributed by atoms with Crippen LogP contribution in [0.25, 0.3) is 0 Å². The fourth-order valence-electron chi connectivity index (χ4n) is 2.18. The molecule has 2 aromatic rings. The number of furan rings is 1. The van der Waals surface area contributed by atoms with Crippen LogP contribution in [0.3, 0.4) is 0 Å². The van der Waals surface area contributed by atoms with E-state index in [0.717, 1.165) is 11.1 Å². The highest BCUT2D eigenvalue weighted by Crippen LogP contribution is 2.17. The van der Waals surface area contributed by atoms with Gasteiger partial charge < -0.3 is 14.5 Å². The first kappa shape index (κ1) is 17.1. The molecule has 0 fully saturated rings. The average Bonchev–Trinajstić information content (AvgIpc) is 2.95. The molecule has 122 valence electrons. The van der Waals surface area contributed by atoms with E-state index in [1.807, 2.05) is 30.3 Å². The number of carbonyl (C=O) groups excluding carboxylic acids is 2. The topological polar surface area (TPSA) is 68.5 Å². The molecule has 6 heteroatoms. The zero-order chi connectivity index (χ0) is 16.8. The Morgan fingerprint density at radius 1 is 1.30 bits per heavy atom. The van der Waals surface area contributed by atoms with E-state index in [1.54, 1.807) is 13.0 Å². The molecular formula is C17H18ClNO4. The molecule has 1 amide bonds. The predicted octanol–water partition coefficient (Wildman–Crippen LogP) is 2.84. The van der Waals surface area contributed by atoms with Crippen LogP contribution in [0.2, 0.25) is 0 Å². The van der Waals surface area contributed by atoms with Gasteiger partial charge in [0.05, 0.1) is 13.0 Å². The molecule has 1 atom stereocenters. The van der Waals surface area contributed by atoms with E-state index in [0.29, 0.717) is 12.2 Å². The Balaban J connectivity index is 2.13. The number of methoxy groups -OCH3 is 1. The lowest BCUT2D eigenvalue weighted by atomic mass is 10.1. The van der Waals surface area contributed by atoms with Crippen LogP contribution in [0.5, 0.6) is 0 Å². The molecule has 0 aliphatic rings. The number of halogens is 1. The highest BCUT2D eigenvalue weighted by Gasteiger charge is 2.24. The minimum absolute atomic E-state index is 0.125.